The Morgan fingerprint density at radius 2 is 1.85 bits per heavy atom. The third-order valence-corrected chi connectivity index (χ3v) is 5.82. The molecule has 1 aromatic rings. The van der Waals surface area contributed by atoms with Gasteiger partial charge in [-0.3, -0.25) is 19.7 Å². The molecule has 0 bridgehead atoms. The zero-order valence-electron chi connectivity index (χ0n) is 18.9. The Kier molecular flexibility index (Phi) is 8.21. The average molecular weight is 463 g/mol. The van der Waals surface area contributed by atoms with Gasteiger partial charge in [0.1, 0.15) is 5.69 Å². The third-order valence-electron chi connectivity index (χ3n) is 5.82. The van der Waals surface area contributed by atoms with Crippen LogP contribution in [-0.2, 0) is 23.8 Å². The quantitative estimate of drug-likeness (QED) is 0.337. The molecule has 1 amide bonds. The van der Waals surface area contributed by atoms with Gasteiger partial charge in [0.15, 0.2) is 6.10 Å². The van der Waals surface area contributed by atoms with Crippen LogP contribution in [0.2, 0.25) is 0 Å². The lowest BCUT2D eigenvalue weighted by Gasteiger charge is -2.32. The number of ether oxygens (including phenoxy) is 3. The highest BCUT2D eigenvalue weighted by atomic mass is 16.6. The molecule has 11 nitrogen and oxygen atoms in total. The maximum Gasteiger partial charge on any atom is 0.339 e. The first-order valence-corrected chi connectivity index (χ1v) is 11.1. The monoisotopic (exact) mass is 463 g/mol. The standard InChI is InChI=1S/C22H29N3O8/c1-3-32-21(27)16-6-8-24(9-7-16)20(26)15(2)33-22(28)17-4-5-18(19(14-17)25(29)30)23-10-12-31-13-11-23/h4-5,14-16H,3,6-13H2,1-2H3/t15-/m1/s1. The number of hydrogen-bond acceptors (Lipinski definition) is 9. The summed E-state index contributed by atoms with van der Waals surface area (Å²) in [5.74, 6) is -1.68. The Labute approximate surface area is 191 Å². The van der Waals surface area contributed by atoms with Crippen molar-refractivity contribution in [3.05, 3.63) is 33.9 Å². The van der Waals surface area contributed by atoms with Gasteiger partial charge < -0.3 is 24.0 Å². The summed E-state index contributed by atoms with van der Waals surface area (Å²) in [4.78, 5) is 51.6. The van der Waals surface area contributed by atoms with Gasteiger partial charge >= 0.3 is 11.9 Å². The maximum atomic E-state index is 12.7. The van der Waals surface area contributed by atoms with Crippen molar-refractivity contribution in [3.63, 3.8) is 0 Å². The molecule has 0 aromatic heterocycles. The van der Waals surface area contributed by atoms with Crippen LogP contribution >= 0.6 is 0 Å². The van der Waals surface area contributed by atoms with Crippen molar-refractivity contribution in [2.24, 2.45) is 5.92 Å². The molecule has 0 unspecified atom stereocenters. The summed E-state index contributed by atoms with van der Waals surface area (Å²) >= 11 is 0. The molecule has 2 heterocycles. The molecule has 1 aromatic carbocycles. The highest BCUT2D eigenvalue weighted by Gasteiger charge is 2.32. The molecular weight excluding hydrogens is 434 g/mol. The van der Waals surface area contributed by atoms with E-state index in [1.165, 1.54) is 25.1 Å². The molecule has 0 spiro atoms. The van der Waals surface area contributed by atoms with Crippen LogP contribution in [0.3, 0.4) is 0 Å². The van der Waals surface area contributed by atoms with Gasteiger partial charge in [-0.05, 0) is 38.8 Å². The number of nitrogens with zero attached hydrogens (tertiary/aromatic N) is 3. The topological polar surface area (TPSA) is 129 Å². The highest BCUT2D eigenvalue weighted by molar-refractivity contribution is 5.93. The van der Waals surface area contributed by atoms with Crippen LogP contribution < -0.4 is 4.90 Å². The average Bonchev–Trinajstić information content (AvgIpc) is 2.83. The van der Waals surface area contributed by atoms with Gasteiger partial charge in [-0.25, -0.2) is 4.79 Å². The van der Waals surface area contributed by atoms with Gasteiger partial charge in [-0.2, -0.15) is 0 Å². The van der Waals surface area contributed by atoms with Crippen molar-refractivity contribution in [2.75, 3.05) is 50.9 Å². The van der Waals surface area contributed by atoms with E-state index in [-0.39, 0.29) is 29.0 Å². The molecule has 2 saturated heterocycles. The van der Waals surface area contributed by atoms with E-state index in [0.717, 1.165) is 0 Å². The maximum absolute atomic E-state index is 12.7. The number of carbonyl (C=O) groups is 3. The fourth-order valence-electron chi connectivity index (χ4n) is 4.00. The summed E-state index contributed by atoms with van der Waals surface area (Å²) in [5, 5.41) is 11.6. The zero-order valence-corrected chi connectivity index (χ0v) is 18.9. The molecule has 2 fully saturated rings. The molecule has 180 valence electrons. The first-order chi connectivity index (χ1) is 15.8. The van der Waals surface area contributed by atoms with Gasteiger partial charge in [0.2, 0.25) is 0 Å². The van der Waals surface area contributed by atoms with Gasteiger partial charge in [-0.1, -0.05) is 0 Å². The number of morpholine rings is 1. The molecule has 11 heteroatoms. The van der Waals surface area contributed by atoms with Crippen molar-refractivity contribution in [1.82, 2.24) is 4.90 Å². The van der Waals surface area contributed by atoms with Crippen LogP contribution in [0.25, 0.3) is 0 Å². The Morgan fingerprint density at radius 1 is 1.18 bits per heavy atom. The zero-order chi connectivity index (χ0) is 24.0. The second-order valence-corrected chi connectivity index (χ2v) is 7.96. The molecular formula is C22H29N3O8. The predicted octanol–water partition coefficient (Wildman–Crippen LogP) is 1.78. The molecule has 0 saturated carbocycles. The third kappa shape index (κ3) is 5.98. The minimum absolute atomic E-state index is 0.000575. The highest BCUT2D eigenvalue weighted by Crippen LogP contribution is 2.30. The van der Waals surface area contributed by atoms with Gasteiger partial charge in [0.05, 0.1) is 36.2 Å². The Morgan fingerprint density at radius 3 is 2.45 bits per heavy atom. The molecule has 33 heavy (non-hydrogen) atoms. The van der Waals surface area contributed by atoms with E-state index in [9.17, 15) is 24.5 Å². The van der Waals surface area contributed by atoms with Crippen LogP contribution in [0.4, 0.5) is 11.4 Å². The smallest absolute Gasteiger partial charge is 0.339 e. The van der Waals surface area contributed by atoms with Crippen LogP contribution in [-0.4, -0.2) is 79.8 Å². The van der Waals surface area contributed by atoms with E-state index in [1.807, 2.05) is 4.90 Å². The largest absolute Gasteiger partial charge is 0.466 e. The molecule has 0 radical (unpaired) electrons. The van der Waals surface area contributed by atoms with E-state index in [4.69, 9.17) is 14.2 Å². The van der Waals surface area contributed by atoms with Crippen LogP contribution in [0, 0.1) is 16.0 Å². The van der Waals surface area contributed by atoms with Crippen LogP contribution in [0.15, 0.2) is 18.2 Å². The summed E-state index contributed by atoms with van der Waals surface area (Å²) in [6, 6.07) is 4.16. The van der Waals surface area contributed by atoms with Crippen molar-refractivity contribution < 1.29 is 33.5 Å². The predicted molar refractivity (Wildman–Crippen MR) is 117 cm³/mol. The second-order valence-electron chi connectivity index (χ2n) is 7.96. The van der Waals surface area contributed by atoms with Crippen molar-refractivity contribution in [3.8, 4) is 0 Å². The number of amides is 1. The van der Waals surface area contributed by atoms with Crippen molar-refractivity contribution in [1.29, 1.82) is 0 Å². The fourth-order valence-corrected chi connectivity index (χ4v) is 4.00. The summed E-state index contributed by atoms with van der Waals surface area (Å²) < 4.78 is 15.6. The van der Waals surface area contributed by atoms with Gasteiger partial charge in [0.25, 0.3) is 11.6 Å². The number of likely N-dealkylation sites (tertiary alicyclic amines) is 1. The number of hydrogen-bond donors (Lipinski definition) is 0. The minimum atomic E-state index is -1.06. The number of nitro benzene ring substituents is 1. The van der Waals surface area contributed by atoms with Gasteiger partial charge in [0, 0.05) is 32.2 Å². The number of benzene rings is 1. The lowest BCUT2D eigenvalue weighted by atomic mass is 9.97. The van der Waals surface area contributed by atoms with E-state index in [0.29, 0.717) is 64.5 Å². The fraction of sp³-hybridized carbons (Fsp3) is 0.591. The number of carbonyl (C=O) groups excluding carboxylic acids is 3. The molecule has 2 aliphatic rings. The van der Waals surface area contributed by atoms with E-state index in [1.54, 1.807) is 11.8 Å². The van der Waals surface area contributed by atoms with E-state index >= 15 is 0 Å². The number of anilines is 1. The number of esters is 2. The first kappa shape index (κ1) is 24.4. The summed E-state index contributed by atoms with van der Waals surface area (Å²) in [6.07, 6.45) is -0.0874. The Balaban J connectivity index is 1.61. The molecule has 0 N–H and O–H groups in total. The molecule has 1 atom stereocenters. The number of nitro groups is 1. The van der Waals surface area contributed by atoms with Crippen LogP contribution in [0.1, 0.15) is 37.0 Å². The number of rotatable bonds is 7. The van der Waals surface area contributed by atoms with Crippen molar-refractivity contribution >= 4 is 29.2 Å². The van der Waals surface area contributed by atoms with Crippen LogP contribution in [0.5, 0.6) is 0 Å². The normalized spacial score (nSPS) is 17.9. The Bertz CT molecular complexity index is 892. The minimum Gasteiger partial charge on any atom is -0.466 e. The van der Waals surface area contributed by atoms with E-state index < -0.39 is 17.0 Å². The summed E-state index contributed by atoms with van der Waals surface area (Å²) in [6.45, 7) is 6.23. The summed E-state index contributed by atoms with van der Waals surface area (Å²) in [7, 11) is 0. The number of piperidine rings is 1. The lowest BCUT2D eigenvalue weighted by molar-refractivity contribution is -0.384. The lowest BCUT2D eigenvalue weighted by Crippen LogP contribution is -2.45. The Hall–Kier alpha value is -3.21. The van der Waals surface area contributed by atoms with E-state index in [2.05, 4.69) is 0 Å². The molecule has 3 rings (SSSR count). The van der Waals surface area contributed by atoms with Gasteiger partial charge in [-0.15, -0.1) is 0 Å². The second kappa shape index (κ2) is 11.1. The summed E-state index contributed by atoms with van der Waals surface area (Å²) in [5.41, 5.74) is 0.208. The molecule has 0 aliphatic carbocycles. The SMILES string of the molecule is CCOC(=O)C1CCN(C(=O)[C@@H](C)OC(=O)c2ccc(N3CCOCC3)c([N+](=O)[O-])c2)CC1. The first-order valence-electron chi connectivity index (χ1n) is 11.1. The van der Waals surface area contributed by atoms with Crippen molar-refractivity contribution in [2.45, 2.75) is 32.8 Å². The molecule has 2 aliphatic heterocycles.